The SMILES string of the molecule is C[C@H](N)c1ncc(-c2cnc(-c3ccc(-c4cnc([C@H]5CCCN5)[nH]4)cc3)cn2)[nH]1. The molecule has 30 heavy (non-hydrogen) atoms. The van der Waals surface area contributed by atoms with Crippen LogP contribution in [0.15, 0.2) is 49.1 Å². The Morgan fingerprint density at radius 1 is 0.867 bits per heavy atom. The highest BCUT2D eigenvalue weighted by Gasteiger charge is 2.19. The maximum absolute atomic E-state index is 5.85. The lowest BCUT2D eigenvalue weighted by molar-refractivity contribution is 0.613. The number of hydrogen-bond donors (Lipinski definition) is 4. The molecule has 8 heteroatoms. The van der Waals surface area contributed by atoms with Crippen molar-refractivity contribution >= 4 is 0 Å². The summed E-state index contributed by atoms with van der Waals surface area (Å²) >= 11 is 0. The number of nitrogens with zero attached hydrogens (tertiary/aromatic N) is 4. The summed E-state index contributed by atoms with van der Waals surface area (Å²) in [4.78, 5) is 24.6. The van der Waals surface area contributed by atoms with Crippen molar-refractivity contribution in [2.75, 3.05) is 6.54 Å². The topological polar surface area (TPSA) is 121 Å². The molecule has 0 amide bonds. The van der Waals surface area contributed by atoms with Crippen molar-refractivity contribution in [1.29, 1.82) is 0 Å². The molecule has 5 N–H and O–H groups in total. The van der Waals surface area contributed by atoms with Crippen molar-refractivity contribution in [2.45, 2.75) is 31.8 Å². The summed E-state index contributed by atoms with van der Waals surface area (Å²) in [5.74, 6) is 1.75. The van der Waals surface area contributed by atoms with Gasteiger partial charge in [0.2, 0.25) is 0 Å². The number of imidazole rings is 2. The van der Waals surface area contributed by atoms with E-state index in [1.165, 1.54) is 6.42 Å². The van der Waals surface area contributed by atoms with Crippen LogP contribution in [0.4, 0.5) is 0 Å². The first-order valence-corrected chi connectivity index (χ1v) is 10.2. The highest BCUT2D eigenvalue weighted by Crippen LogP contribution is 2.26. The van der Waals surface area contributed by atoms with Crippen molar-refractivity contribution in [2.24, 2.45) is 5.73 Å². The molecule has 8 nitrogen and oxygen atoms in total. The number of nitrogens with one attached hydrogen (secondary N) is 3. The van der Waals surface area contributed by atoms with Gasteiger partial charge in [-0.15, -0.1) is 0 Å². The summed E-state index contributed by atoms with van der Waals surface area (Å²) in [5, 5.41) is 3.47. The van der Waals surface area contributed by atoms with Crippen LogP contribution in [0, 0.1) is 0 Å². The van der Waals surface area contributed by atoms with E-state index in [1.807, 2.05) is 13.1 Å². The standard InChI is InChI=1S/C22H24N8/c1-13(23)21-27-12-20(30-21)19-11-25-17(9-26-19)14-4-6-15(7-5-14)18-10-28-22(29-18)16-3-2-8-24-16/h4-7,9-13,16,24H,2-3,8,23H2,1H3,(H,27,30)(H,28,29)/t13-,16+/m0/s1. The highest BCUT2D eigenvalue weighted by atomic mass is 15.0. The summed E-state index contributed by atoms with van der Waals surface area (Å²) in [6.07, 6.45) is 9.49. The molecule has 1 fully saturated rings. The van der Waals surface area contributed by atoms with Gasteiger partial charge in [-0.25, -0.2) is 9.97 Å². The molecule has 4 heterocycles. The van der Waals surface area contributed by atoms with E-state index in [9.17, 15) is 0 Å². The average molecular weight is 400 g/mol. The quantitative estimate of drug-likeness (QED) is 0.407. The highest BCUT2D eigenvalue weighted by molar-refractivity contribution is 5.66. The number of aromatic nitrogens is 6. The minimum atomic E-state index is -0.148. The molecule has 5 rings (SSSR count). The van der Waals surface area contributed by atoms with Crippen LogP contribution >= 0.6 is 0 Å². The fourth-order valence-corrected chi connectivity index (χ4v) is 3.71. The predicted octanol–water partition coefficient (Wildman–Crippen LogP) is 3.37. The minimum Gasteiger partial charge on any atom is -0.341 e. The van der Waals surface area contributed by atoms with E-state index in [4.69, 9.17) is 5.73 Å². The van der Waals surface area contributed by atoms with Crippen molar-refractivity contribution in [3.8, 4) is 33.9 Å². The fraction of sp³-hybridized carbons (Fsp3) is 0.273. The van der Waals surface area contributed by atoms with Crippen LogP contribution in [0.1, 0.15) is 43.5 Å². The molecule has 0 bridgehead atoms. The van der Waals surface area contributed by atoms with E-state index in [1.54, 1.807) is 18.6 Å². The first-order valence-electron chi connectivity index (χ1n) is 10.2. The van der Waals surface area contributed by atoms with E-state index in [0.29, 0.717) is 6.04 Å². The predicted molar refractivity (Wildman–Crippen MR) is 115 cm³/mol. The van der Waals surface area contributed by atoms with E-state index in [0.717, 1.165) is 58.5 Å². The van der Waals surface area contributed by atoms with E-state index in [2.05, 4.69) is 59.5 Å². The third kappa shape index (κ3) is 3.62. The molecule has 1 aliphatic heterocycles. The second-order valence-electron chi connectivity index (χ2n) is 7.67. The minimum absolute atomic E-state index is 0.148. The lowest BCUT2D eigenvalue weighted by Gasteiger charge is -2.06. The lowest BCUT2D eigenvalue weighted by atomic mass is 10.1. The smallest absolute Gasteiger partial charge is 0.123 e. The van der Waals surface area contributed by atoms with Gasteiger partial charge in [-0.3, -0.25) is 9.97 Å². The molecule has 0 aliphatic carbocycles. The van der Waals surface area contributed by atoms with Gasteiger partial charge in [0.25, 0.3) is 0 Å². The Kier molecular flexibility index (Phi) is 4.86. The third-order valence-corrected chi connectivity index (χ3v) is 5.43. The molecule has 0 radical (unpaired) electrons. The number of benzene rings is 1. The molecule has 1 aliphatic rings. The molecular weight excluding hydrogens is 376 g/mol. The van der Waals surface area contributed by atoms with Gasteiger partial charge in [-0.2, -0.15) is 0 Å². The maximum atomic E-state index is 5.85. The lowest BCUT2D eigenvalue weighted by Crippen LogP contribution is -2.14. The number of nitrogens with two attached hydrogens (primary N) is 1. The van der Waals surface area contributed by atoms with Gasteiger partial charge in [0.05, 0.1) is 54.0 Å². The van der Waals surface area contributed by atoms with E-state index in [-0.39, 0.29) is 6.04 Å². The number of H-pyrrole nitrogens is 2. The Morgan fingerprint density at radius 2 is 1.60 bits per heavy atom. The fourth-order valence-electron chi connectivity index (χ4n) is 3.71. The normalized spacial score (nSPS) is 17.3. The van der Waals surface area contributed by atoms with Crippen LogP contribution in [0.5, 0.6) is 0 Å². The van der Waals surface area contributed by atoms with E-state index < -0.39 is 0 Å². The summed E-state index contributed by atoms with van der Waals surface area (Å²) in [6.45, 7) is 2.94. The molecular formula is C22H24N8. The molecule has 0 unspecified atom stereocenters. The van der Waals surface area contributed by atoms with Crippen LogP contribution in [-0.2, 0) is 0 Å². The van der Waals surface area contributed by atoms with Gasteiger partial charge in [-0.1, -0.05) is 24.3 Å². The Balaban J connectivity index is 1.32. The zero-order valence-electron chi connectivity index (χ0n) is 16.8. The molecule has 3 aromatic heterocycles. The molecule has 1 saturated heterocycles. The van der Waals surface area contributed by atoms with E-state index >= 15 is 0 Å². The first kappa shape index (κ1) is 18.7. The molecule has 2 atom stereocenters. The number of hydrogen-bond acceptors (Lipinski definition) is 6. The Bertz CT molecular complexity index is 1120. The van der Waals surface area contributed by atoms with Crippen LogP contribution in [0.3, 0.4) is 0 Å². The maximum Gasteiger partial charge on any atom is 0.123 e. The Morgan fingerprint density at radius 3 is 2.27 bits per heavy atom. The summed E-state index contributed by atoms with van der Waals surface area (Å²) in [7, 11) is 0. The molecule has 4 aromatic rings. The zero-order chi connectivity index (χ0) is 20.5. The van der Waals surface area contributed by atoms with Crippen molar-refractivity contribution in [1.82, 2.24) is 35.2 Å². The van der Waals surface area contributed by atoms with Crippen LogP contribution < -0.4 is 11.1 Å². The summed E-state index contributed by atoms with van der Waals surface area (Å²) < 4.78 is 0. The van der Waals surface area contributed by atoms with Crippen LogP contribution in [0.2, 0.25) is 0 Å². The molecule has 0 spiro atoms. The monoisotopic (exact) mass is 400 g/mol. The average Bonchev–Trinajstić information content (AvgIpc) is 3.55. The second-order valence-corrected chi connectivity index (χ2v) is 7.67. The van der Waals surface area contributed by atoms with Crippen molar-refractivity contribution in [3.63, 3.8) is 0 Å². The molecule has 152 valence electrons. The van der Waals surface area contributed by atoms with Crippen LogP contribution in [0.25, 0.3) is 33.9 Å². The summed E-state index contributed by atoms with van der Waals surface area (Å²) in [6, 6.07) is 8.45. The van der Waals surface area contributed by atoms with Crippen molar-refractivity contribution in [3.05, 3.63) is 60.7 Å². The van der Waals surface area contributed by atoms with Gasteiger partial charge in [0, 0.05) is 5.56 Å². The number of aromatic amines is 2. The van der Waals surface area contributed by atoms with Gasteiger partial charge >= 0.3 is 0 Å². The molecule has 0 saturated carbocycles. The largest absolute Gasteiger partial charge is 0.341 e. The Hall–Kier alpha value is -3.36. The zero-order valence-corrected chi connectivity index (χ0v) is 16.8. The second kappa shape index (κ2) is 7.81. The third-order valence-electron chi connectivity index (χ3n) is 5.43. The van der Waals surface area contributed by atoms with Gasteiger partial charge in [0.1, 0.15) is 17.3 Å². The van der Waals surface area contributed by atoms with Crippen molar-refractivity contribution < 1.29 is 0 Å². The van der Waals surface area contributed by atoms with Crippen LogP contribution in [-0.4, -0.2) is 36.4 Å². The van der Waals surface area contributed by atoms with Gasteiger partial charge in [-0.05, 0) is 31.9 Å². The number of rotatable bonds is 5. The molecule has 1 aromatic carbocycles. The van der Waals surface area contributed by atoms with Gasteiger partial charge in [0.15, 0.2) is 0 Å². The Labute approximate surface area is 174 Å². The van der Waals surface area contributed by atoms with Gasteiger partial charge < -0.3 is 21.0 Å². The first-order chi connectivity index (χ1) is 14.7. The summed E-state index contributed by atoms with van der Waals surface area (Å²) in [5.41, 5.74) is 11.3.